The molecule has 11 heteroatoms. The van der Waals surface area contributed by atoms with Crippen LogP contribution in [-0.2, 0) is 6.54 Å². The lowest BCUT2D eigenvalue weighted by atomic mass is 9.92. The van der Waals surface area contributed by atoms with Gasteiger partial charge in [0.15, 0.2) is 0 Å². The molecule has 0 radical (unpaired) electrons. The maximum Gasteiger partial charge on any atom is 0.277 e. The van der Waals surface area contributed by atoms with Crippen LogP contribution in [0.1, 0.15) is 47.2 Å². The summed E-state index contributed by atoms with van der Waals surface area (Å²) in [4.78, 5) is 29.8. The van der Waals surface area contributed by atoms with Crippen LogP contribution in [0.25, 0.3) is 22.4 Å². The molecule has 42 heavy (non-hydrogen) atoms. The zero-order valence-corrected chi connectivity index (χ0v) is 24.7. The summed E-state index contributed by atoms with van der Waals surface area (Å²) < 4.78 is 5.61. The second kappa shape index (κ2) is 13.0. The van der Waals surface area contributed by atoms with Crippen molar-refractivity contribution in [2.45, 2.75) is 51.3 Å². The van der Waals surface area contributed by atoms with E-state index in [0.29, 0.717) is 51.1 Å². The third-order valence-corrected chi connectivity index (χ3v) is 8.32. The number of nitrogens with zero attached hydrogens (tertiary/aromatic N) is 2. The number of benzene rings is 2. The van der Waals surface area contributed by atoms with E-state index in [1.54, 1.807) is 32.2 Å². The van der Waals surface area contributed by atoms with Crippen molar-refractivity contribution in [3.05, 3.63) is 91.8 Å². The standard InChI is InChI=1S/C31H31Cl2N5O4/c1-17-15-35-38-30(41)26(17)29(40)36-24-11-6-8-20(28(24)33)19-7-5-9-21(27(19)32)22-14-13-18(31(37-22)42-2)16-34-23-10-3-4-12-25(23)39/h5-9,11,13-15,23,25,34,39H,3-4,10,12,16H2,1-2H3,(H,36,40)(H,38,41)/t23?,25-/m0/s1. The van der Waals surface area contributed by atoms with Crippen LogP contribution in [0.15, 0.2) is 59.5 Å². The van der Waals surface area contributed by atoms with Crippen LogP contribution in [0.2, 0.25) is 10.0 Å². The fraction of sp³-hybridized carbons (Fsp3) is 0.290. The van der Waals surface area contributed by atoms with Crippen molar-refractivity contribution in [3.63, 3.8) is 0 Å². The van der Waals surface area contributed by atoms with Gasteiger partial charge in [-0.2, -0.15) is 5.10 Å². The number of halogens is 2. The van der Waals surface area contributed by atoms with E-state index in [-0.39, 0.29) is 22.7 Å². The number of carbonyl (C=O) groups excluding carboxylic acids is 1. The lowest BCUT2D eigenvalue weighted by Gasteiger charge is -2.28. The summed E-state index contributed by atoms with van der Waals surface area (Å²) in [5, 5.41) is 23.2. The SMILES string of the molecule is COc1nc(-c2cccc(-c3cccc(NC(=O)c4c(C)cn[nH]c4=O)c3Cl)c2Cl)ccc1CNC1CCCC[C@@H]1O. The minimum Gasteiger partial charge on any atom is -0.481 e. The van der Waals surface area contributed by atoms with Gasteiger partial charge in [0, 0.05) is 34.8 Å². The van der Waals surface area contributed by atoms with Crippen LogP contribution in [0, 0.1) is 6.92 Å². The number of aliphatic hydroxyl groups is 1. The van der Waals surface area contributed by atoms with Gasteiger partial charge >= 0.3 is 0 Å². The average Bonchev–Trinajstić information content (AvgIpc) is 2.98. The van der Waals surface area contributed by atoms with Gasteiger partial charge in [-0.25, -0.2) is 10.1 Å². The van der Waals surface area contributed by atoms with Crippen molar-refractivity contribution in [3.8, 4) is 28.3 Å². The molecule has 2 aromatic carbocycles. The third-order valence-electron chi connectivity index (χ3n) is 7.50. The normalized spacial score (nSPS) is 16.7. The van der Waals surface area contributed by atoms with Crippen LogP contribution in [-0.4, -0.2) is 45.5 Å². The fourth-order valence-electron chi connectivity index (χ4n) is 5.25. The van der Waals surface area contributed by atoms with Gasteiger partial charge in [-0.05, 0) is 37.5 Å². The van der Waals surface area contributed by atoms with Crippen molar-refractivity contribution < 1.29 is 14.6 Å². The van der Waals surface area contributed by atoms with Crippen molar-refractivity contribution >= 4 is 34.8 Å². The number of H-pyrrole nitrogens is 1. The number of hydrogen-bond donors (Lipinski definition) is 4. The smallest absolute Gasteiger partial charge is 0.277 e. The molecule has 2 heterocycles. The van der Waals surface area contributed by atoms with E-state index in [9.17, 15) is 14.7 Å². The zero-order chi connectivity index (χ0) is 29.8. The van der Waals surface area contributed by atoms with Gasteiger partial charge in [-0.3, -0.25) is 9.59 Å². The third kappa shape index (κ3) is 6.19. The summed E-state index contributed by atoms with van der Waals surface area (Å²) in [5.41, 5.74) is 3.55. The first kappa shape index (κ1) is 29.7. The predicted octanol–water partition coefficient (Wildman–Crippen LogP) is 5.77. The van der Waals surface area contributed by atoms with E-state index in [1.807, 2.05) is 30.3 Å². The minimum atomic E-state index is -0.598. The van der Waals surface area contributed by atoms with Crippen molar-refractivity contribution in [1.29, 1.82) is 0 Å². The molecule has 1 aliphatic carbocycles. The number of amides is 1. The summed E-state index contributed by atoms with van der Waals surface area (Å²) >= 11 is 13.7. The van der Waals surface area contributed by atoms with E-state index in [4.69, 9.17) is 32.9 Å². The van der Waals surface area contributed by atoms with E-state index in [0.717, 1.165) is 31.2 Å². The number of nitrogens with one attached hydrogen (secondary N) is 3. The first-order valence-electron chi connectivity index (χ1n) is 13.7. The largest absolute Gasteiger partial charge is 0.481 e. The predicted molar refractivity (Wildman–Crippen MR) is 164 cm³/mol. The number of ether oxygens (including phenoxy) is 1. The molecule has 0 spiro atoms. The highest BCUT2D eigenvalue weighted by Gasteiger charge is 2.23. The van der Waals surface area contributed by atoms with E-state index >= 15 is 0 Å². The molecule has 1 fully saturated rings. The average molecular weight is 609 g/mol. The lowest BCUT2D eigenvalue weighted by Crippen LogP contribution is -2.41. The summed E-state index contributed by atoms with van der Waals surface area (Å²) in [6.45, 7) is 2.15. The number of carbonyl (C=O) groups is 1. The minimum absolute atomic E-state index is 0.0416. The quantitative estimate of drug-likeness (QED) is 0.200. The van der Waals surface area contributed by atoms with Gasteiger partial charge in [0.05, 0.1) is 40.8 Å². The van der Waals surface area contributed by atoms with Gasteiger partial charge in [0.25, 0.3) is 11.5 Å². The Hall–Kier alpha value is -3.76. The Morgan fingerprint density at radius 3 is 2.50 bits per heavy atom. The molecule has 1 saturated carbocycles. The summed E-state index contributed by atoms with van der Waals surface area (Å²) in [7, 11) is 1.57. The number of anilines is 1. The number of aryl methyl sites for hydroxylation is 1. The second-order valence-electron chi connectivity index (χ2n) is 10.2. The van der Waals surface area contributed by atoms with Gasteiger partial charge in [-0.1, -0.05) is 72.4 Å². The monoisotopic (exact) mass is 607 g/mol. The molecular weight excluding hydrogens is 577 g/mol. The number of aromatic amines is 1. The molecule has 4 aromatic rings. The lowest BCUT2D eigenvalue weighted by molar-refractivity contribution is 0.0901. The van der Waals surface area contributed by atoms with Gasteiger partial charge in [0.2, 0.25) is 5.88 Å². The molecule has 1 amide bonds. The van der Waals surface area contributed by atoms with E-state index in [1.165, 1.54) is 6.20 Å². The van der Waals surface area contributed by atoms with Crippen molar-refractivity contribution in [2.75, 3.05) is 12.4 Å². The summed E-state index contributed by atoms with van der Waals surface area (Å²) in [6, 6.07) is 14.6. The molecule has 0 aliphatic heterocycles. The van der Waals surface area contributed by atoms with Crippen LogP contribution in [0.4, 0.5) is 5.69 Å². The number of pyridine rings is 1. The second-order valence-corrected chi connectivity index (χ2v) is 11.0. The van der Waals surface area contributed by atoms with Crippen LogP contribution in [0.3, 0.4) is 0 Å². The van der Waals surface area contributed by atoms with Crippen LogP contribution < -0.4 is 20.9 Å². The maximum atomic E-state index is 12.9. The Labute approximate surface area is 253 Å². The molecule has 9 nitrogen and oxygen atoms in total. The Morgan fingerprint density at radius 2 is 1.76 bits per heavy atom. The highest BCUT2D eigenvalue weighted by molar-refractivity contribution is 6.39. The Kier molecular flexibility index (Phi) is 9.23. The molecule has 4 N–H and O–H groups in total. The molecule has 0 bridgehead atoms. The van der Waals surface area contributed by atoms with Crippen molar-refractivity contribution in [2.24, 2.45) is 0 Å². The Balaban J connectivity index is 1.42. The number of methoxy groups -OCH3 is 1. The first-order chi connectivity index (χ1) is 20.3. The molecule has 218 valence electrons. The molecular formula is C31H31Cl2N5O4. The summed E-state index contributed by atoms with van der Waals surface area (Å²) in [6.07, 6.45) is 4.96. The molecule has 0 saturated heterocycles. The first-order valence-corrected chi connectivity index (χ1v) is 14.4. The molecule has 5 rings (SSSR count). The van der Waals surface area contributed by atoms with Gasteiger partial charge in [-0.15, -0.1) is 0 Å². The molecule has 1 aliphatic rings. The van der Waals surface area contributed by atoms with E-state index in [2.05, 4.69) is 20.8 Å². The fourth-order valence-corrected chi connectivity index (χ4v) is 5.85. The van der Waals surface area contributed by atoms with Crippen LogP contribution >= 0.6 is 23.2 Å². The Bertz CT molecular complexity index is 1680. The topological polar surface area (TPSA) is 129 Å². The summed E-state index contributed by atoms with van der Waals surface area (Å²) in [5.74, 6) is -0.130. The van der Waals surface area contributed by atoms with E-state index < -0.39 is 11.5 Å². The zero-order valence-electron chi connectivity index (χ0n) is 23.2. The number of hydrogen-bond acceptors (Lipinski definition) is 7. The molecule has 2 atom stereocenters. The highest BCUT2D eigenvalue weighted by atomic mass is 35.5. The molecule has 1 unspecified atom stereocenters. The molecule has 2 aromatic heterocycles. The highest BCUT2D eigenvalue weighted by Crippen LogP contribution is 2.41. The van der Waals surface area contributed by atoms with Crippen LogP contribution in [0.5, 0.6) is 5.88 Å². The maximum absolute atomic E-state index is 12.9. The number of aliphatic hydroxyl groups excluding tert-OH is 1. The van der Waals surface area contributed by atoms with Gasteiger partial charge < -0.3 is 20.5 Å². The van der Waals surface area contributed by atoms with Gasteiger partial charge in [0.1, 0.15) is 5.56 Å². The number of rotatable bonds is 8. The van der Waals surface area contributed by atoms with Crippen molar-refractivity contribution in [1.82, 2.24) is 20.5 Å². The Morgan fingerprint density at radius 1 is 1.05 bits per heavy atom. The number of aromatic nitrogens is 3.